The lowest BCUT2D eigenvalue weighted by molar-refractivity contribution is -0.750. The fourth-order valence-electron chi connectivity index (χ4n) is 6.04. The van der Waals surface area contributed by atoms with Crippen LogP contribution < -0.4 is 11.2 Å². The van der Waals surface area contributed by atoms with E-state index in [4.69, 9.17) is 15.9 Å². The molecule has 4 aliphatic heterocycles. The number of hydrogen-bond acceptors (Lipinski definition) is 8. The smallest absolute Gasteiger partial charge is 0.416 e. The zero-order chi connectivity index (χ0) is 31.2. The van der Waals surface area contributed by atoms with Crippen LogP contribution in [0.5, 0.6) is 0 Å². The van der Waals surface area contributed by atoms with E-state index in [0.29, 0.717) is 48.7 Å². The number of nitrogens with two attached hydrogens (primary N) is 1. The molecule has 1 aromatic carbocycles. The molecule has 0 radical (unpaired) electrons. The van der Waals surface area contributed by atoms with Gasteiger partial charge >= 0.3 is 12.1 Å². The maximum atomic E-state index is 13.0. The second kappa shape index (κ2) is 11.1. The van der Waals surface area contributed by atoms with Crippen molar-refractivity contribution < 1.29 is 37.3 Å². The summed E-state index contributed by atoms with van der Waals surface area (Å²) in [7, 11) is 0. The minimum absolute atomic E-state index is 0.0424. The van der Waals surface area contributed by atoms with E-state index >= 15 is 0 Å². The summed E-state index contributed by atoms with van der Waals surface area (Å²) in [6.07, 6.45) is 2.69. The number of benzene rings is 1. The number of rotatable bonds is 6. The molecule has 4 aliphatic rings. The predicted octanol–water partition coefficient (Wildman–Crippen LogP) is 2.58. The van der Waals surface area contributed by atoms with E-state index in [1.807, 2.05) is 0 Å². The van der Waals surface area contributed by atoms with Crippen molar-refractivity contribution in [2.45, 2.75) is 25.1 Å². The number of fused-ring (bicyclic) bond motifs is 2. The molecule has 2 fully saturated rings. The summed E-state index contributed by atoms with van der Waals surface area (Å²) in [6, 6.07) is 7.85. The number of nitrogens with zero attached hydrogens (tertiary/aromatic N) is 6. The Morgan fingerprint density at radius 1 is 1.14 bits per heavy atom. The van der Waals surface area contributed by atoms with Gasteiger partial charge in [-0.05, 0) is 49.2 Å². The Bertz CT molecular complexity index is 1650. The summed E-state index contributed by atoms with van der Waals surface area (Å²) in [4.78, 5) is 53.4. The number of hydrogen-bond donors (Lipinski definition) is 3. The maximum absolute atomic E-state index is 13.0. The molecular formula is C29H28F3N8O4+. The lowest BCUT2D eigenvalue weighted by Gasteiger charge is -2.45. The van der Waals surface area contributed by atoms with Crippen molar-refractivity contribution in [2.24, 2.45) is 21.7 Å². The van der Waals surface area contributed by atoms with Crippen LogP contribution in [0.3, 0.4) is 0 Å². The van der Waals surface area contributed by atoms with Gasteiger partial charge in [0.15, 0.2) is 0 Å². The first-order valence-corrected chi connectivity index (χ1v) is 13.8. The van der Waals surface area contributed by atoms with Crippen LogP contribution in [-0.2, 0) is 15.8 Å². The molecule has 5 heterocycles. The third-order valence-electron chi connectivity index (χ3n) is 8.16. The van der Waals surface area contributed by atoms with Crippen molar-refractivity contribution in [1.29, 1.82) is 0 Å². The monoisotopic (exact) mass is 609 g/mol. The normalized spacial score (nSPS) is 25.0. The van der Waals surface area contributed by atoms with E-state index in [9.17, 15) is 27.6 Å². The number of quaternary nitrogens is 1. The molecule has 0 spiro atoms. The van der Waals surface area contributed by atoms with E-state index in [1.165, 1.54) is 12.1 Å². The molecule has 0 saturated carbocycles. The predicted molar refractivity (Wildman–Crippen MR) is 152 cm³/mol. The number of aliphatic carboxylic acids is 1. The number of carbonyl (C=O) groups excluding carboxylic acids is 2. The van der Waals surface area contributed by atoms with Crippen molar-refractivity contribution in [2.75, 3.05) is 31.5 Å². The Morgan fingerprint density at radius 2 is 1.91 bits per heavy atom. The van der Waals surface area contributed by atoms with Crippen LogP contribution in [0.25, 0.3) is 0 Å². The number of carboxylic acids is 1. The largest absolute Gasteiger partial charge is 0.480 e. The van der Waals surface area contributed by atoms with Crippen LogP contribution in [-0.4, -0.2) is 86.5 Å². The number of halogens is 3. The zero-order valence-corrected chi connectivity index (χ0v) is 23.2. The fourth-order valence-corrected chi connectivity index (χ4v) is 6.04. The summed E-state index contributed by atoms with van der Waals surface area (Å²) < 4.78 is 38.9. The number of alkyl halides is 3. The molecule has 1 unspecified atom stereocenters. The number of carbonyl (C=O) groups is 3. The molecule has 0 aliphatic carbocycles. The number of piperidine rings is 1. The Morgan fingerprint density at radius 3 is 2.64 bits per heavy atom. The van der Waals surface area contributed by atoms with Crippen LogP contribution in [0.2, 0.25) is 0 Å². The van der Waals surface area contributed by atoms with Gasteiger partial charge in [0.05, 0.1) is 36.6 Å². The lowest BCUT2D eigenvalue weighted by Crippen LogP contribution is -2.60. The van der Waals surface area contributed by atoms with Gasteiger partial charge in [0, 0.05) is 36.8 Å². The minimum atomic E-state index is -4.57. The number of piperazine rings is 1. The summed E-state index contributed by atoms with van der Waals surface area (Å²) in [5.41, 5.74) is 1.23. The number of allylic oxidation sites excluding steroid dienone is 1. The first-order chi connectivity index (χ1) is 20.9. The SMILES string of the molecule is N[N+]12C=CN=CC1=C([C@@H]1CC[C@H]3CN(CC(=O)O)CC(=O)N3C1)N=C2c1ccc(C(=O)Nc2cc(C(F)(F)F)ccn2)cc1. The molecule has 12 nitrogen and oxygen atoms in total. The standard InChI is InChI=1S/C29H27F3N8O4/c30-29(31,32)20-7-8-35-23(11-20)36-28(44)18-3-1-17(2-4-18)27-37-26(22-12-34-9-10-40(22,27)33)19-5-6-21-14-38(16-25(42)43)15-24(41)39(21)13-19/h1-4,7-12,19,21H,5-6,13-16,33H2,(H-,35,36,42,43,44)/p+1/t19-,21+,40?/m1/s1. The lowest BCUT2D eigenvalue weighted by atomic mass is 9.88. The zero-order valence-electron chi connectivity index (χ0n) is 23.2. The number of anilines is 1. The minimum Gasteiger partial charge on any atom is -0.480 e. The molecule has 1 aromatic heterocycles. The highest BCUT2D eigenvalue weighted by molar-refractivity contribution is 6.05. The quantitative estimate of drug-likeness (QED) is 0.336. The van der Waals surface area contributed by atoms with Crippen LogP contribution in [0.1, 0.15) is 34.3 Å². The fraction of sp³-hybridized carbons (Fsp3) is 0.310. The summed E-state index contributed by atoms with van der Waals surface area (Å²) >= 11 is 0. The Balaban J connectivity index is 1.21. The molecule has 228 valence electrons. The van der Waals surface area contributed by atoms with Crippen LogP contribution >= 0.6 is 0 Å². The number of aromatic nitrogens is 1. The average Bonchev–Trinajstić information content (AvgIpc) is 3.29. The number of amides is 2. The third-order valence-corrected chi connectivity index (χ3v) is 8.16. The third kappa shape index (κ3) is 5.52. The summed E-state index contributed by atoms with van der Waals surface area (Å²) in [5.74, 6) is 5.25. The van der Waals surface area contributed by atoms with Gasteiger partial charge in [-0.15, -0.1) is 4.59 Å². The number of nitrogens with one attached hydrogen (secondary N) is 1. The number of amidine groups is 1. The highest BCUT2D eigenvalue weighted by Crippen LogP contribution is 2.39. The van der Waals surface area contributed by atoms with Gasteiger partial charge in [0.25, 0.3) is 11.7 Å². The van der Waals surface area contributed by atoms with Gasteiger partial charge in [0.1, 0.15) is 17.7 Å². The average molecular weight is 610 g/mol. The van der Waals surface area contributed by atoms with Crippen molar-refractivity contribution in [3.05, 3.63) is 83.1 Å². The Kier molecular flexibility index (Phi) is 7.39. The topological polar surface area (TPSA) is 154 Å². The number of pyridine rings is 1. The Labute approximate surface area is 249 Å². The maximum Gasteiger partial charge on any atom is 0.416 e. The highest BCUT2D eigenvalue weighted by atomic mass is 19.4. The summed E-state index contributed by atoms with van der Waals surface area (Å²) in [6.45, 7) is 0.776. The molecule has 3 atom stereocenters. The van der Waals surface area contributed by atoms with Gasteiger partial charge in [0.2, 0.25) is 11.6 Å². The van der Waals surface area contributed by atoms with Gasteiger partial charge in [-0.1, -0.05) is 0 Å². The molecule has 2 saturated heterocycles. The highest BCUT2D eigenvalue weighted by Gasteiger charge is 2.48. The van der Waals surface area contributed by atoms with Crippen molar-refractivity contribution in [3.63, 3.8) is 0 Å². The van der Waals surface area contributed by atoms with Gasteiger partial charge in [-0.3, -0.25) is 24.3 Å². The van der Waals surface area contributed by atoms with E-state index in [-0.39, 0.29) is 46.9 Å². The second-order valence-electron chi connectivity index (χ2n) is 11.1. The molecule has 2 amide bonds. The molecule has 15 heteroatoms. The van der Waals surface area contributed by atoms with Crippen LogP contribution in [0.4, 0.5) is 19.0 Å². The molecule has 4 N–H and O–H groups in total. The van der Waals surface area contributed by atoms with Crippen LogP contribution in [0.15, 0.2) is 76.4 Å². The Hall–Kier alpha value is -4.73. The first kappa shape index (κ1) is 29.3. The van der Waals surface area contributed by atoms with E-state index in [0.717, 1.165) is 18.3 Å². The van der Waals surface area contributed by atoms with E-state index in [1.54, 1.807) is 40.5 Å². The molecule has 6 rings (SSSR count). The molecule has 2 aromatic rings. The van der Waals surface area contributed by atoms with Crippen molar-refractivity contribution in [1.82, 2.24) is 14.8 Å². The number of aliphatic imine (C=N–C) groups is 2. The number of carboxylic acid groups (broad SMARTS) is 1. The molecular weight excluding hydrogens is 581 g/mol. The first-order valence-electron chi connectivity index (χ1n) is 13.8. The van der Waals surface area contributed by atoms with Crippen molar-refractivity contribution in [3.8, 4) is 0 Å². The van der Waals surface area contributed by atoms with Crippen LogP contribution in [0, 0.1) is 5.92 Å². The van der Waals surface area contributed by atoms with E-state index in [2.05, 4.69) is 15.3 Å². The molecule has 44 heavy (non-hydrogen) atoms. The van der Waals surface area contributed by atoms with Gasteiger partial charge in [-0.2, -0.15) is 24.0 Å². The van der Waals surface area contributed by atoms with Crippen molar-refractivity contribution >= 4 is 35.7 Å². The van der Waals surface area contributed by atoms with E-state index < -0.39 is 23.6 Å². The second-order valence-corrected chi connectivity index (χ2v) is 11.1. The van der Waals surface area contributed by atoms with Gasteiger partial charge < -0.3 is 15.3 Å². The molecule has 0 bridgehead atoms. The summed E-state index contributed by atoms with van der Waals surface area (Å²) in [5, 5.41) is 11.5. The van der Waals surface area contributed by atoms with Gasteiger partial charge in [-0.25, -0.2) is 4.98 Å².